The average molecular weight is 442 g/mol. The second kappa shape index (κ2) is 10.3. The molecule has 4 N–H and O–H groups in total. The van der Waals surface area contributed by atoms with Crippen LogP contribution in [-0.4, -0.2) is 27.9 Å². The number of nitrogens with zero attached hydrogens (tertiary/aromatic N) is 2. The summed E-state index contributed by atoms with van der Waals surface area (Å²) in [6.45, 7) is 4.53. The maximum Gasteiger partial charge on any atom is 0.330 e. The Bertz CT molecular complexity index is 1100. The van der Waals surface area contributed by atoms with Crippen molar-refractivity contribution in [3.63, 3.8) is 0 Å². The van der Waals surface area contributed by atoms with Gasteiger partial charge in [0.2, 0.25) is 11.8 Å². The topological polar surface area (TPSA) is 130 Å². The van der Waals surface area contributed by atoms with Crippen LogP contribution < -0.4 is 27.2 Å². The lowest BCUT2D eigenvalue weighted by molar-refractivity contribution is -0.121. The van der Waals surface area contributed by atoms with E-state index in [1.807, 2.05) is 38.1 Å². The summed E-state index contributed by atoms with van der Waals surface area (Å²) in [6, 6.07) is 7.62. The van der Waals surface area contributed by atoms with E-state index in [9.17, 15) is 19.2 Å². The van der Waals surface area contributed by atoms with Gasteiger partial charge in [0.25, 0.3) is 5.56 Å². The standard InChI is InChI=1S/C23H31N5O4/c1-3-5-13-28-20(24)19(22(31)26-23(28)32)27(12-4-2)18(29)11-10-16-14-15-8-6-7-9-17(15)25-21(16)30/h6-9,16H,3-5,10-14,24H2,1-2H3,(H,25,30)(H,26,31,32)/t16-/m0/s1. The Morgan fingerprint density at radius 3 is 2.66 bits per heavy atom. The van der Waals surface area contributed by atoms with Gasteiger partial charge < -0.3 is 16.0 Å². The summed E-state index contributed by atoms with van der Waals surface area (Å²) in [6.07, 6.45) is 3.18. The van der Waals surface area contributed by atoms with Gasteiger partial charge in [0, 0.05) is 31.1 Å². The third-order valence-corrected chi connectivity index (χ3v) is 5.79. The Kier molecular flexibility index (Phi) is 7.50. The normalized spacial score (nSPS) is 15.2. The van der Waals surface area contributed by atoms with Crippen molar-refractivity contribution < 1.29 is 9.59 Å². The molecule has 3 rings (SSSR count). The number of para-hydroxylation sites is 1. The zero-order valence-corrected chi connectivity index (χ0v) is 18.6. The number of nitrogens with two attached hydrogens (primary N) is 1. The first-order valence-electron chi connectivity index (χ1n) is 11.2. The lowest BCUT2D eigenvalue weighted by Gasteiger charge is -2.27. The number of amides is 2. The number of hydrogen-bond donors (Lipinski definition) is 3. The molecule has 32 heavy (non-hydrogen) atoms. The molecule has 2 amide bonds. The number of nitrogens with one attached hydrogen (secondary N) is 2. The van der Waals surface area contributed by atoms with Crippen molar-refractivity contribution in [3.05, 3.63) is 50.7 Å². The zero-order valence-electron chi connectivity index (χ0n) is 18.6. The number of aromatic amines is 1. The third kappa shape index (κ3) is 4.92. The molecule has 0 fully saturated rings. The van der Waals surface area contributed by atoms with Gasteiger partial charge in [0.15, 0.2) is 5.69 Å². The first kappa shape index (κ1) is 23.3. The highest BCUT2D eigenvalue weighted by molar-refractivity contribution is 5.98. The highest BCUT2D eigenvalue weighted by Gasteiger charge is 2.29. The molecule has 0 radical (unpaired) electrons. The summed E-state index contributed by atoms with van der Waals surface area (Å²) in [5.41, 5.74) is 6.79. The number of rotatable bonds is 9. The number of benzene rings is 1. The number of anilines is 3. The van der Waals surface area contributed by atoms with Gasteiger partial charge in [-0.25, -0.2) is 4.79 Å². The fourth-order valence-corrected chi connectivity index (χ4v) is 4.04. The number of carbonyl (C=O) groups is 2. The molecule has 1 aromatic carbocycles. The number of aromatic nitrogens is 2. The van der Waals surface area contributed by atoms with E-state index in [2.05, 4.69) is 10.3 Å². The highest BCUT2D eigenvalue weighted by Crippen LogP contribution is 2.28. The maximum atomic E-state index is 13.1. The van der Waals surface area contributed by atoms with Crippen molar-refractivity contribution in [2.75, 3.05) is 22.5 Å². The molecule has 0 bridgehead atoms. The van der Waals surface area contributed by atoms with Crippen molar-refractivity contribution >= 4 is 29.0 Å². The molecule has 0 saturated carbocycles. The van der Waals surface area contributed by atoms with Gasteiger partial charge in [-0.05, 0) is 37.3 Å². The second-order valence-electron chi connectivity index (χ2n) is 8.13. The Labute approximate surface area is 186 Å². The molecular weight excluding hydrogens is 410 g/mol. The molecule has 0 spiro atoms. The number of carbonyl (C=O) groups excluding carboxylic acids is 2. The van der Waals surface area contributed by atoms with E-state index in [4.69, 9.17) is 5.73 Å². The molecule has 1 atom stereocenters. The van der Waals surface area contributed by atoms with Gasteiger partial charge in [0.05, 0.1) is 0 Å². The molecule has 9 nitrogen and oxygen atoms in total. The van der Waals surface area contributed by atoms with Gasteiger partial charge in [-0.3, -0.25) is 23.9 Å². The molecule has 2 heterocycles. The minimum atomic E-state index is -0.675. The molecule has 1 aliphatic heterocycles. The van der Waals surface area contributed by atoms with E-state index in [-0.39, 0.29) is 42.2 Å². The predicted molar refractivity (Wildman–Crippen MR) is 125 cm³/mol. The third-order valence-electron chi connectivity index (χ3n) is 5.79. The van der Waals surface area contributed by atoms with E-state index >= 15 is 0 Å². The quantitative estimate of drug-likeness (QED) is 0.549. The SMILES string of the molecule is CCCCn1c(N)c(N(CCC)C(=O)CC[C@H]2Cc3ccccc3NC2=O)c(=O)[nH]c1=O. The van der Waals surface area contributed by atoms with Crippen LogP contribution in [0.15, 0.2) is 33.9 Å². The molecule has 2 aromatic rings. The molecular formula is C23H31N5O4. The van der Waals surface area contributed by atoms with Gasteiger partial charge >= 0.3 is 5.69 Å². The zero-order chi connectivity index (χ0) is 23.3. The largest absolute Gasteiger partial charge is 0.383 e. The highest BCUT2D eigenvalue weighted by atomic mass is 16.2. The van der Waals surface area contributed by atoms with Crippen LogP contribution in [0.25, 0.3) is 0 Å². The number of fused-ring (bicyclic) bond motifs is 1. The predicted octanol–water partition coefficient (Wildman–Crippen LogP) is 2.25. The molecule has 172 valence electrons. The van der Waals surface area contributed by atoms with E-state index < -0.39 is 11.2 Å². The fraction of sp³-hybridized carbons (Fsp3) is 0.478. The number of nitrogen functional groups attached to an aromatic ring is 1. The van der Waals surface area contributed by atoms with Crippen molar-refractivity contribution in [1.82, 2.24) is 9.55 Å². The summed E-state index contributed by atoms with van der Waals surface area (Å²) < 4.78 is 1.31. The van der Waals surface area contributed by atoms with E-state index in [1.54, 1.807) is 0 Å². The van der Waals surface area contributed by atoms with Crippen molar-refractivity contribution in [2.45, 2.75) is 58.9 Å². The molecule has 9 heteroatoms. The van der Waals surface area contributed by atoms with E-state index in [0.717, 1.165) is 24.1 Å². The van der Waals surface area contributed by atoms with Crippen LogP contribution in [0.1, 0.15) is 51.5 Å². The molecule has 1 aliphatic rings. The Balaban J connectivity index is 1.80. The fourth-order valence-electron chi connectivity index (χ4n) is 4.04. The van der Waals surface area contributed by atoms with E-state index in [1.165, 1.54) is 9.47 Å². The summed E-state index contributed by atoms with van der Waals surface area (Å²) in [7, 11) is 0. The molecule has 1 aromatic heterocycles. The molecule has 0 unspecified atom stereocenters. The lowest BCUT2D eigenvalue weighted by Crippen LogP contribution is -2.42. The monoisotopic (exact) mass is 441 g/mol. The first-order chi connectivity index (χ1) is 15.4. The minimum Gasteiger partial charge on any atom is -0.383 e. The number of hydrogen-bond acceptors (Lipinski definition) is 5. The summed E-state index contributed by atoms with van der Waals surface area (Å²) in [5.74, 6) is -0.731. The smallest absolute Gasteiger partial charge is 0.330 e. The van der Waals surface area contributed by atoms with Gasteiger partial charge in [0.1, 0.15) is 5.82 Å². The second-order valence-corrected chi connectivity index (χ2v) is 8.13. The Hall–Kier alpha value is -3.36. The maximum absolute atomic E-state index is 13.1. The van der Waals surface area contributed by atoms with Gasteiger partial charge in [-0.1, -0.05) is 38.5 Å². The molecule has 0 saturated heterocycles. The Morgan fingerprint density at radius 1 is 1.19 bits per heavy atom. The molecule has 0 aliphatic carbocycles. The van der Waals surface area contributed by atoms with Gasteiger partial charge in [-0.15, -0.1) is 0 Å². The van der Waals surface area contributed by atoms with Crippen LogP contribution in [0.3, 0.4) is 0 Å². The van der Waals surface area contributed by atoms with Gasteiger partial charge in [-0.2, -0.15) is 0 Å². The summed E-state index contributed by atoms with van der Waals surface area (Å²) >= 11 is 0. The number of unbranched alkanes of at least 4 members (excludes halogenated alkanes) is 1. The van der Waals surface area contributed by atoms with Crippen LogP contribution in [0.4, 0.5) is 17.2 Å². The summed E-state index contributed by atoms with van der Waals surface area (Å²) in [4.78, 5) is 54.1. The minimum absolute atomic E-state index is 0.00154. The number of H-pyrrole nitrogens is 1. The van der Waals surface area contributed by atoms with Crippen LogP contribution in [0.5, 0.6) is 0 Å². The first-order valence-corrected chi connectivity index (χ1v) is 11.2. The summed E-state index contributed by atoms with van der Waals surface area (Å²) in [5, 5.41) is 2.89. The Morgan fingerprint density at radius 2 is 1.94 bits per heavy atom. The van der Waals surface area contributed by atoms with E-state index in [0.29, 0.717) is 25.8 Å². The lowest BCUT2D eigenvalue weighted by atomic mass is 9.89. The van der Waals surface area contributed by atoms with Crippen molar-refractivity contribution in [3.8, 4) is 0 Å². The van der Waals surface area contributed by atoms with Crippen LogP contribution in [0, 0.1) is 5.92 Å². The van der Waals surface area contributed by atoms with Crippen LogP contribution in [0.2, 0.25) is 0 Å². The van der Waals surface area contributed by atoms with Crippen LogP contribution >= 0.6 is 0 Å². The average Bonchev–Trinajstić information content (AvgIpc) is 2.76. The van der Waals surface area contributed by atoms with Crippen molar-refractivity contribution in [2.24, 2.45) is 5.92 Å². The van der Waals surface area contributed by atoms with Crippen molar-refractivity contribution in [1.29, 1.82) is 0 Å². The van der Waals surface area contributed by atoms with Crippen LogP contribution in [-0.2, 0) is 22.6 Å².